The van der Waals surface area contributed by atoms with Crippen molar-refractivity contribution in [2.75, 3.05) is 0 Å². The van der Waals surface area contributed by atoms with Crippen LogP contribution in [0.1, 0.15) is 28.9 Å². The Hall–Kier alpha value is -1.72. The van der Waals surface area contributed by atoms with Gasteiger partial charge in [-0.05, 0) is 11.6 Å². The second kappa shape index (κ2) is 5.39. The van der Waals surface area contributed by atoms with E-state index in [1.54, 1.807) is 12.1 Å². The lowest BCUT2D eigenvalue weighted by Gasteiger charge is -2.10. The summed E-state index contributed by atoms with van der Waals surface area (Å²) in [5, 5.41) is 17.2. The van der Waals surface area contributed by atoms with Gasteiger partial charge in [0.05, 0.1) is 18.2 Å². The Kier molecular flexibility index (Phi) is 4.16. The summed E-state index contributed by atoms with van der Waals surface area (Å²) in [6, 6.07) is 4.48. The Labute approximate surface area is 95.9 Å². The molecule has 0 saturated heterocycles. The maximum Gasteiger partial charge on any atom is 0.264 e. The molecular formula is C10H6ClF2N3. The number of rotatable bonds is 3. The van der Waals surface area contributed by atoms with E-state index in [4.69, 9.17) is 22.1 Å². The van der Waals surface area contributed by atoms with E-state index in [0.717, 1.165) is 6.07 Å². The Balaban J connectivity index is 3.42. The van der Waals surface area contributed by atoms with E-state index in [0.29, 0.717) is 0 Å². The lowest BCUT2D eigenvalue weighted by molar-refractivity contribution is 0.150. The fraction of sp³-hybridized carbons (Fsp3) is 0.300. The summed E-state index contributed by atoms with van der Waals surface area (Å²) in [6.07, 6.45) is -2.88. The van der Waals surface area contributed by atoms with Crippen LogP contribution in [0.25, 0.3) is 0 Å². The van der Waals surface area contributed by atoms with Crippen LogP contribution in [-0.4, -0.2) is 4.98 Å². The summed E-state index contributed by atoms with van der Waals surface area (Å²) in [5.74, 6) is -0.157. The molecule has 0 bridgehead atoms. The first-order valence-electron chi connectivity index (χ1n) is 4.27. The Morgan fingerprint density at radius 2 is 2.12 bits per heavy atom. The monoisotopic (exact) mass is 241 g/mol. The zero-order valence-corrected chi connectivity index (χ0v) is 8.80. The fourth-order valence-corrected chi connectivity index (χ4v) is 1.58. The largest absolute Gasteiger partial charge is 0.264 e. The SMILES string of the molecule is N#CCc1nc(C#N)cc(C(F)F)c1CCl. The highest BCUT2D eigenvalue weighted by atomic mass is 35.5. The van der Waals surface area contributed by atoms with Crippen molar-refractivity contribution in [3.63, 3.8) is 0 Å². The third kappa shape index (κ3) is 2.44. The maximum absolute atomic E-state index is 12.7. The molecule has 0 unspecified atom stereocenters. The smallest absolute Gasteiger partial charge is 0.241 e. The number of nitriles is 2. The van der Waals surface area contributed by atoms with E-state index >= 15 is 0 Å². The van der Waals surface area contributed by atoms with E-state index in [1.165, 1.54) is 0 Å². The van der Waals surface area contributed by atoms with Crippen LogP contribution in [0.2, 0.25) is 0 Å². The molecule has 0 atom stereocenters. The fourth-order valence-electron chi connectivity index (χ4n) is 1.27. The van der Waals surface area contributed by atoms with Crippen molar-refractivity contribution in [3.8, 4) is 12.1 Å². The Morgan fingerprint density at radius 1 is 1.44 bits per heavy atom. The summed E-state index contributed by atoms with van der Waals surface area (Å²) in [5.41, 5.74) is -0.176. The van der Waals surface area contributed by atoms with Crippen molar-refractivity contribution in [2.24, 2.45) is 0 Å². The lowest BCUT2D eigenvalue weighted by atomic mass is 10.1. The molecule has 0 radical (unpaired) electrons. The van der Waals surface area contributed by atoms with Crippen molar-refractivity contribution >= 4 is 11.6 Å². The van der Waals surface area contributed by atoms with Gasteiger partial charge in [0.25, 0.3) is 6.43 Å². The first kappa shape index (κ1) is 12.4. The van der Waals surface area contributed by atoms with E-state index in [2.05, 4.69) is 4.98 Å². The number of nitrogens with zero attached hydrogens (tertiary/aromatic N) is 3. The number of alkyl halides is 3. The van der Waals surface area contributed by atoms with Gasteiger partial charge in [0, 0.05) is 11.4 Å². The van der Waals surface area contributed by atoms with Gasteiger partial charge >= 0.3 is 0 Å². The van der Waals surface area contributed by atoms with Gasteiger partial charge in [-0.15, -0.1) is 11.6 Å². The zero-order chi connectivity index (χ0) is 12.1. The normalized spacial score (nSPS) is 9.88. The van der Waals surface area contributed by atoms with Gasteiger partial charge in [-0.3, -0.25) is 0 Å². The number of aromatic nitrogens is 1. The molecule has 6 heteroatoms. The average Bonchev–Trinajstić information content (AvgIpc) is 2.28. The van der Waals surface area contributed by atoms with Crippen molar-refractivity contribution in [1.82, 2.24) is 4.98 Å². The molecule has 0 aliphatic heterocycles. The minimum Gasteiger partial charge on any atom is -0.241 e. The predicted molar refractivity (Wildman–Crippen MR) is 52.8 cm³/mol. The van der Waals surface area contributed by atoms with Crippen LogP contribution in [0.15, 0.2) is 6.07 Å². The second-order valence-corrected chi connectivity index (χ2v) is 3.17. The van der Waals surface area contributed by atoms with Gasteiger partial charge in [-0.1, -0.05) is 0 Å². The summed E-state index contributed by atoms with van der Waals surface area (Å²) in [7, 11) is 0. The van der Waals surface area contributed by atoms with Gasteiger partial charge in [-0.2, -0.15) is 10.5 Å². The van der Waals surface area contributed by atoms with Gasteiger partial charge in [0.2, 0.25) is 0 Å². The molecule has 82 valence electrons. The molecule has 0 spiro atoms. The molecule has 0 aromatic carbocycles. The maximum atomic E-state index is 12.7. The van der Waals surface area contributed by atoms with E-state index in [9.17, 15) is 8.78 Å². The van der Waals surface area contributed by atoms with E-state index < -0.39 is 6.43 Å². The summed E-state index contributed by atoms with van der Waals surface area (Å²) in [4.78, 5) is 3.79. The number of hydrogen-bond donors (Lipinski definition) is 0. The molecule has 0 amide bonds. The summed E-state index contributed by atoms with van der Waals surface area (Å²) >= 11 is 5.55. The first-order valence-corrected chi connectivity index (χ1v) is 4.81. The van der Waals surface area contributed by atoms with Gasteiger partial charge < -0.3 is 0 Å². The summed E-state index contributed by atoms with van der Waals surface area (Å²) < 4.78 is 25.3. The highest BCUT2D eigenvalue weighted by Gasteiger charge is 2.18. The average molecular weight is 242 g/mol. The number of halogens is 3. The molecule has 1 heterocycles. The highest BCUT2D eigenvalue weighted by molar-refractivity contribution is 6.17. The second-order valence-electron chi connectivity index (χ2n) is 2.90. The molecule has 0 saturated carbocycles. The molecule has 1 aromatic heterocycles. The minimum atomic E-state index is -2.73. The molecule has 3 nitrogen and oxygen atoms in total. The van der Waals surface area contributed by atoms with Crippen LogP contribution in [0.4, 0.5) is 8.78 Å². The van der Waals surface area contributed by atoms with Crippen LogP contribution in [0, 0.1) is 22.7 Å². The van der Waals surface area contributed by atoms with Gasteiger partial charge in [0.1, 0.15) is 11.8 Å². The predicted octanol–water partition coefficient (Wildman–Crippen LogP) is 2.70. The molecule has 1 aromatic rings. The van der Waals surface area contributed by atoms with Crippen molar-refractivity contribution in [3.05, 3.63) is 28.6 Å². The van der Waals surface area contributed by atoms with Crippen molar-refractivity contribution in [2.45, 2.75) is 18.7 Å². The third-order valence-corrected chi connectivity index (χ3v) is 2.24. The Morgan fingerprint density at radius 3 is 2.56 bits per heavy atom. The van der Waals surface area contributed by atoms with Crippen molar-refractivity contribution < 1.29 is 8.78 Å². The van der Waals surface area contributed by atoms with Crippen LogP contribution in [0.5, 0.6) is 0 Å². The van der Waals surface area contributed by atoms with Crippen LogP contribution in [0.3, 0.4) is 0 Å². The molecule has 0 fully saturated rings. The van der Waals surface area contributed by atoms with Gasteiger partial charge in [0.15, 0.2) is 0 Å². The highest BCUT2D eigenvalue weighted by Crippen LogP contribution is 2.27. The minimum absolute atomic E-state index is 0.130. The van der Waals surface area contributed by atoms with Gasteiger partial charge in [-0.25, -0.2) is 13.8 Å². The number of pyridine rings is 1. The Bertz CT molecular complexity index is 474. The van der Waals surface area contributed by atoms with E-state index in [-0.39, 0.29) is 34.8 Å². The van der Waals surface area contributed by atoms with E-state index in [1.807, 2.05) is 0 Å². The third-order valence-electron chi connectivity index (χ3n) is 1.97. The molecular weight excluding hydrogens is 236 g/mol. The van der Waals surface area contributed by atoms with Crippen LogP contribution < -0.4 is 0 Å². The van der Waals surface area contributed by atoms with Crippen molar-refractivity contribution in [1.29, 1.82) is 10.5 Å². The standard InChI is InChI=1S/C10H6ClF2N3/c11-4-8-7(10(12)13)3-6(5-15)16-9(8)1-2-14/h3,10H,1,4H2. The molecule has 0 aliphatic rings. The molecule has 0 aliphatic carbocycles. The summed E-state index contributed by atoms with van der Waals surface area (Å²) in [6.45, 7) is 0. The molecule has 0 N–H and O–H groups in total. The topological polar surface area (TPSA) is 60.5 Å². The molecule has 16 heavy (non-hydrogen) atoms. The zero-order valence-electron chi connectivity index (χ0n) is 8.04. The molecule has 1 rings (SSSR count). The quantitative estimate of drug-likeness (QED) is 0.765. The lowest BCUT2D eigenvalue weighted by Crippen LogP contribution is -2.04. The van der Waals surface area contributed by atoms with Crippen LogP contribution in [-0.2, 0) is 12.3 Å². The first-order chi connectivity index (χ1) is 7.63. The number of hydrogen-bond acceptors (Lipinski definition) is 3. The van der Waals surface area contributed by atoms with Crippen LogP contribution >= 0.6 is 11.6 Å².